The van der Waals surface area contributed by atoms with Gasteiger partial charge in [-0.2, -0.15) is 0 Å². The molecule has 2 rings (SSSR count). The van der Waals surface area contributed by atoms with Gasteiger partial charge in [0.1, 0.15) is 5.82 Å². The van der Waals surface area contributed by atoms with Crippen molar-refractivity contribution in [2.75, 3.05) is 11.9 Å². The van der Waals surface area contributed by atoms with Crippen molar-refractivity contribution < 1.29 is 0 Å². The van der Waals surface area contributed by atoms with Crippen LogP contribution in [0.2, 0.25) is 5.02 Å². The van der Waals surface area contributed by atoms with Crippen LogP contribution in [0.3, 0.4) is 0 Å². The van der Waals surface area contributed by atoms with Crippen LogP contribution in [0.4, 0.5) is 5.82 Å². The maximum Gasteiger partial charge on any atom is 0.130 e. The van der Waals surface area contributed by atoms with Crippen molar-refractivity contribution in [1.29, 1.82) is 0 Å². The zero-order valence-electron chi connectivity index (χ0n) is 10.7. The van der Waals surface area contributed by atoms with Crippen LogP contribution < -0.4 is 5.32 Å². The molecule has 1 aromatic carbocycles. The van der Waals surface area contributed by atoms with Gasteiger partial charge in [0.25, 0.3) is 0 Å². The van der Waals surface area contributed by atoms with Gasteiger partial charge in [-0.1, -0.05) is 41.4 Å². The minimum absolute atomic E-state index is 0.418. The van der Waals surface area contributed by atoms with Crippen LogP contribution in [0, 0.1) is 0 Å². The third-order valence-electron chi connectivity index (χ3n) is 2.88. The molecular weight excluding hydrogens is 312 g/mol. The summed E-state index contributed by atoms with van der Waals surface area (Å²) in [4.78, 5) is 4.67. The number of aromatic nitrogens is 1. The van der Waals surface area contributed by atoms with E-state index < -0.39 is 0 Å². The van der Waals surface area contributed by atoms with Crippen molar-refractivity contribution in [3.63, 3.8) is 0 Å². The quantitative estimate of drug-likeness (QED) is 0.837. The van der Waals surface area contributed by atoms with Crippen molar-refractivity contribution in [3.05, 3.63) is 33.3 Å². The average Bonchev–Trinajstić information content (AvgIpc) is 2.34. The Hall–Kier alpha value is -0.800. The molecule has 2 nitrogen and oxygen atoms in total. The normalized spacial score (nSPS) is 11.2. The van der Waals surface area contributed by atoms with Crippen LogP contribution in [0.25, 0.3) is 10.9 Å². The van der Waals surface area contributed by atoms with Gasteiger partial charge in [0.2, 0.25) is 0 Å². The molecule has 0 aliphatic carbocycles. The first-order chi connectivity index (χ1) is 8.54. The maximum absolute atomic E-state index is 6.22. The van der Waals surface area contributed by atoms with Crippen LogP contribution in [-0.4, -0.2) is 11.5 Å². The van der Waals surface area contributed by atoms with Gasteiger partial charge < -0.3 is 5.32 Å². The first kappa shape index (κ1) is 13.6. The van der Waals surface area contributed by atoms with E-state index in [9.17, 15) is 0 Å². The monoisotopic (exact) mass is 326 g/mol. The summed E-state index contributed by atoms with van der Waals surface area (Å²) >= 11 is 9.78. The number of fused-ring (bicyclic) bond motifs is 1. The van der Waals surface area contributed by atoms with Crippen molar-refractivity contribution in [1.82, 2.24) is 4.98 Å². The highest BCUT2D eigenvalue weighted by atomic mass is 79.9. The zero-order chi connectivity index (χ0) is 13.3. The summed E-state index contributed by atoms with van der Waals surface area (Å²) in [6, 6.07) is 6.00. The van der Waals surface area contributed by atoms with Gasteiger partial charge in [-0.25, -0.2) is 4.98 Å². The lowest BCUT2D eigenvalue weighted by Crippen LogP contribution is -2.05. The smallest absolute Gasteiger partial charge is 0.130 e. The summed E-state index contributed by atoms with van der Waals surface area (Å²) in [5, 5.41) is 5.06. The lowest BCUT2D eigenvalue weighted by Gasteiger charge is -2.15. The topological polar surface area (TPSA) is 24.9 Å². The SMILES string of the molecule is CCNc1nc2c(Cl)ccc(Br)c2cc1C(C)C. The Balaban J connectivity index is 2.75. The standard InChI is InChI=1S/C14H16BrClN2/c1-4-17-14-9(8(2)3)7-10-11(15)5-6-12(16)13(10)18-14/h5-8H,4H2,1-3H3,(H,17,18). The molecule has 0 radical (unpaired) electrons. The summed E-state index contributed by atoms with van der Waals surface area (Å²) in [6.07, 6.45) is 0. The molecule has 96 valence electrons. The lowest BCUT2D eigenvalue weighted by atomic mass is 10.0. The molecule has 18 heavy (non-hydrogen) atoms. The van der Waals surface area contributed by atoms with Gasteiger partial charge in [-0.05, 0) is 36.6 Å². The molecule has 0 aliphatic heterocycles. The molecule has 0 saturated carbocycles. The highest BCUT2D eigenvalue weighted by molar-refractivity contribution is 9.10. The molecule has 0 atom stereocenters. The summed E-state index contributed by atoms with van der Waals surface area (Å²) in [5.41, 5.74) is 2.05. The molecule has 1 aromatic heterocycles. The Kier molecular flexibility index (Phi) is 4.13. The van der Waals surface area contributed by atoms with E-state index in [4.69, 9.17) is 11.6 Å². The van der Waals surface area contributed by atoms with Crippen molar-refractivity contribution in [2.45, 2.75) is 26.7 Å². The highest BCUT2D eigenvalue weighted by Crippen LogP contribution is 2.34. The van der Waals surface area contributed by atoms with Crippen LogP contribution in [0.5, 0.6) is 0 Å². The summed E-state index contributed by atoms with van der Waals surface area (Å²) in [7, 11) is 0. The van der Waals surface area contributed by atoms with Gasteiger partial charge in [0, 0.05) is 16.4 Å². The highest BCUT2D eigenvalue weighted by Gasteiger charge is 2.13. The van der Waals surface area contributed by atoms with Crippen molar-refractivity contribution >= 4 is 44.3 Å². The number of halogens is 2. The first-order valence-electron chi connectivity index (χ1n) is 6.07. The second kappa shape index (κ2) is 5.45. The average molecular weight is 328 g/mol. The van der Waals surface area contributed by atoms with Gasteiger partial charge >= 0.3 is 0 Å². The molecule has 1 heterocycles. The van der Waals surface area contributed by atoms with Crippen molar-refractivity contribution in [2.24, 2.45) is 0 Å². The molecular formula is C14H16BrClN2. The van der Waals surface area contributed by atoms with E-state index in [1.165, 1.54) is 5.56 Å². The zero-order valence-corrected chi connectivity index (χ0v) is 13.1. The molecule has 0 amide bonds. The van der Waals surface area contributed by atoms with Gasteiger partial charge in [-0.3, -0.25) is 0 Å². The van der Waals surface area contributed by atoms with Crippen molar-refractivity contribution in [3.8, 4) is 0 Å². The van der Waals surface area contributed by atoms with E-state index in [1.807, 2.05) is 12.1 Å². The Labute approximate surface area is 121 Å². The lowest BCUT2D eigenvalue weighted by molar-refractivity contribution is 0.861. The van der Waals surface area contributed by atoms with E-state index in [0.29, 0.717) is 10.9 Å². The molecule has 0 unspecified atom stereocenters. The Morgan fingerprint density at radius 2 is 2.11 bits per heavy atom. The number of nitrogens with one attached hydrogen (secondary N) is 1. The predicted octanol–water partition coefficient (Wildman–Crippen LogP) is 5.21. The van der Waals surface area contributed by atoms with E-state index in [1.54, 1.807) is 0 Å². The van der Waals surface area contributed by atoms with Crippen LogP contribution in [0.1, 0.15) is 32.3 Å². The molecule has 0 aliphatic rings. The number of rotatable bonds is 3. The number of hydrogen-bond donors (Lipinski definition) is 1. The molecule has 0 spiro atoms. The molecule has 2 aromatic rings. The van der Waals surface area contributed by atoms with Gasteiger partial charge in [0.15, 0.2) is 0 Å². The second-order valence-corrected chi connectivity index (χ2v) is 5.80. The number of nitrogens with zero attached hydrogens (tertiary/aromatic N) is 1. The summed E-state index contributed by atoms with van der Waals surface area (Å²) in [6.45, 7) is 7.26. The summed E-state index contributed by atoms with van der Waals surface area (Å²) < 4.78 is 1.03. The van der Waals surface area contributed by atoms with E-state index in [-0.39, 0.29) is 0 Å². The fourth-order valence-corrected chi connectivity index (χ4v) is 2.60. The van der Waals surface area contributed by atoms with Gasteiger partial charge in [-0.15, -0.1) is 0 Å². The third kappa shape index (κ3) is 2.47. The minimum Gasteiger partial charge on any atom is -0.370 e. The molecule has 1 N–H and O–H groups in total. The van der Waals surface area contributed by atoms with E-state index in [0.717, 1.165) is 27.7 Å². The van der Waals surface area contributed by atoms with Crippen LogP contribution in [-0.2, 0) is 0 Å². The number of hydrogen-bond acceptors (Lipinski definition) is 2. The Morgan fingerprint density at radius 1 is 1.39 bits per heavy atom. The first-order valence-corrected chi connectivity index (χ1v) is 7.24. The maximum atomic E-state index is 6.22. The molecule has 4 heteroatoms. The van der Waals surface area contributed by atoms with E-state index >= 15 is 0 Å². The number of anilines is 1. The Morgan fingerprint density at radius 3 is 2.72 bits per heavy atom. The minimum atomic E-state index is 0.418. The predicted molar refractivity (Wildman–Crippen MR) is 82.7 cm³/mol. The number of benzene rings is 1. The molecule has 0 bridgehead atoms. The van der Waals surface area contributed by atoms with Crippen LogP contribution in [0.15, 0.2) is 22.7 Å². The van der Waals surface area contributed by atoms with Gasteiger partial charge in [0.05, 0.1) is 10.5 Å². The second-order valence-electron chi connectivity index (χ2n) is 4.54. The molecule has 0 fully saturated rings. The molecule has 0 saturated heterocycles. The largest absolute Gasteiger partial charge is 0.370 e. The number of pyridine rings is 1. The Bertz CT molecular complexity index is 582. The fourth-order valence-electron chi connectivity index (χ4n) is 1.96. The van der Waals surface area contributed by atoms with Crippen LogP contribution >= 0.6 is 27.5 Å². The fraction of sp³-hybridized carbons (Fsp3) is 0.357. The van der Waals surface area contributed by atoms with E-state index in [2.05, 4.69) is 53.1 Å². The summed E-state index contributed by atoms with van der Waals surface area (Å²) in [5.74, 6) is 1.35. The third-order valence-corrected chi connectivity index (χ3v) is 3.87.